The molecule has 2 aliphatic heterocycles. The van der Waals surface area contributed by atoms with Crippen molar-refractivity contribution in [2.45, 2.75) is 36.3 Å². The molecular weight excluding hydrogens is 302 g/mol. The molecule has 3 aliphatic rings. The Balaban J connectivity index is 1.41. The number of methoxy groups -OCH3 is 1. The molecule has 1 aromatic carbocycles. The lowest BCUT2D eigenvalue weighted by atomic mass is 9.95. The molecule has 1 aliphatic carbocycles. The minimum Gasteiger partial charge on any atom is -0.497 e. The van der Waals surface area contributed by atoms with Crippen molar-refractivity contribution in [1.29, 1.82) is 0 Å². The Morgan fingerprint density at radius 1 is 1.50 bits per heavy atom. The second-order valence-electron chi connectivity index (χ2n) is 5.69. The van der Waals surface area contributed by atoms with Gasteiger partial charge >= 0.3 is 0 Å². The number of hydrazone groups is 1. The van der Waals surface area contributed by atoms with Crippen LogP contribution in [0.25, 0.3) is 0 Å². The van der Waals surface area contributed by atoms with Crippen LogP contribution >= 0.6 is 11.8 Å². The summed E-state index contributed by atoms with van der Waals surface area (Å²) in [5.74, 6) is 0.563. The first-order valence-corrected chi connectivity index (χ1v) is 8.17. The zero-order chi connectivity index (χ0) is 15.2. The van der Waals surface area contributed by atoms with Crippen molar-refractivity contribution in [2.75, 3.05) is 12.4 Å². The minimum absolute atomic E-state index is 0.182. The number of benzene rings is 1. The topological polar surface area (TPSA) is 75.2 Å². The average Bonchev–Trinajstić information content (AvgIpc) is 3.23. The van der Waals surface area contributed by atoms with Crippen LogP contribution in [0, 0.1) is 0 Å². The fourth-order valence-electron chi connectivity index (χ4n) is 3.03. The molecule has 1 aromatic rings. The highest BCUT2D eigenvalue weighted by Gasteiger charge is 2.60. The van der Waals surface area contributed by atoms with Gasteiger partial charge in [0.2, 0.25) is 0 Å². The van der Waals surface area contributed by atoms with Crippen LogP contribution in [0.4, 0.5) is 5.69 Å². The number of anilines is 1. The predicted molar refractivity (Wildman–Crippen MR) is 85.0 cm³/mol. The van der Waals surface area contributed by atoms with Crippen LogP contribution in [0.15, 0.2) is 29.4 Å². The van der Waals surface area contributed by atoms with Gasteiger partial charge in [-0.25, -0.2) is 0 Å². The molecule has 1 saturated heterocycles. The molecule has 0 aromatic heterocycles. The summed E-state index contributed by atoms with van der Waals surface area (Å²) in [7, 11) is 1.61. The first kappa shape index (κ1) is 13.9. The van der Waals surface area contributed by atoms with Crippen LogP contribution in [-0.4, -0.2) is 35.1 Å². The van der Waals surface area contributed by atoms with Gasteiger partial charge in [-0.15, -0.1) is 0 Å². The van der Waals surface area contributed by atoms with Gasteiger partial charge in [0.1, 0.15) is 16.7 Å². The molecule has 22 heavy (non-hydrogen) atoms. The highest BCUT2D eigenvalue weighted by atomic mass is 32.2. The molecule has 3 unspecified atom stereocenters. The molecule has 1 saturated carbocycles. The molecule has 2 fully saturated rings. The molecule has 2 heterocycles. The van der Waals surface area contributed by atoms with Gasteiger partial charge in [0.25, 0.3) is 5.91 Å². The minimum atomic E-state index is -0.241. The van der Waals surface area contributed by atoms with E-state index in [9.17, 15) is 4.79 Å². The number of fused-ring (bicyclic) bond motifs is 2. The first-order valence-electron chi connectivity index (χ1n) is 7.35. The van der Waals surface area contributed by atoms with E-state index in [-0.39, 0.29) is 16.9 Å². The third-order valence-corrected chi connectivity index (χ3v) is 5.61. The maximum Gasteiger partial charge on any atom is 0.282 e. The number of thioether (sulfide) groups is 1. The van der Waals surface area contributed by atoms with Crippen molar-refractivity contribution in [1.82, 2.24) is 5.43 Å². The summed E-state index contributed by atoms with van der Waals surface area (Å²) >= 11 is 1.50. The Morgan fingerprint density at radius 2 is 2.32 bits per heavy atom. The van der Waals surface area contributed by atoms with Crippen molar-refractivity contribution >= 4 is 28.4 Å². The van der Waals surface area contributed by atoms with Gasteiger partial charge in [0.15, 0.2) is 5.04 Å². The van der Waals surface area contributed by atoms with E-state index in [1.54, 1.807) is 19.2 Å². The lowest BCUT2D eigenvalue weighted by Gasteiger charge is -2.28. The van der Waals surface area contributed by atoms with E-state index in [0.717, 1.165) is 30.7 Å². The van der Waals surface area contributed by atoms with Gasteiger partial charge in [0.05, 0.1) is 13.2 Å². The quantitative estimate of drug-likeness (QED) is 0.833. The average molecular weight is 319 g/mol. The van der Waals surface area contributed by atoms with Crippen molar-refractivity contribution in [2.24, 2.45) is 5.10 Å². The lowest BCUT2D eigenvalue weighted by molar-refractivity contribution is -0.110. The largest absolute Gasteiger partial charge is 0.497 e. The number of epoxide rings is 1. The number of carbonyl (C=O) groups is 1. The van der Waals surface area contributed by atoms with Gasteiger partial charge in [-0.1, -0.05) is 11.8 Å². The smallest absolute Gasteiger partial charge is 0.282 e. The number of rotatable bonds is 3. The van der Waals surface area contributed by atoms with E-state index in [0.29, 0.717) is 11.1 Å². The zero-order valence-electron chi connectivity index (χ0n) is 12.2. The van der Waals surface area contributed by atoms with Crippen molar-refractivity contribution in [3.05, 3.63) is 24.3 Å². The van der Waals surface area contributed by atoms with Crippen LogP contribution in [0.3, 0.4) is 0 Å². The fourth-order valence-corrected chi connectivity index (χ4v) is 4.27. The van der Waals surface area contributed by atoms with E-state index in [4.69, 9.17) is 9.47 Å². The zero-order valence-corrected chi connectivity index (χ0v) is 13.0. The lowest BCUT2D eigenvalue weighted by Crippen LogP contribution is -2.44. The van der Waals surface area contributed by atoms with E-state index in [1.165, 1.54) is 11.8 Å². The van der Waals surface area contributed by atoms with E-state index in [2.05, 4.69) is 15.8 Å². The standard InChI is InChI=1S/C15H17N3O3S/c1-20-10-6-4-9(5-7-10)16-13(19)14-17-18-15(22-14)8-2-3-11-12(15)21-11/h4-7,11-12,18H,2-3,8H2,1H3,(H,16,19). The third-order valence-electron chi connectivity index (χ3n) is 4.25. The maximum absolute atomic E-state index is 12.3. The Kier molecular flexibility index (Phi) is 3.27. The van der Waals surface area contributed by atoms with Crippen molar-refractivity contribution in [3.8, 4) is 5.75 Å². The number of ether oxygens (including phenoxy) is 2. The Labute approximate surface area is 132 Å². The normalized spacial score (nSPS) is 32.0. The van der Waals surface area contributed by atoms with E-state index >= 15 is 0 Å². The molecule has 2 N–H and O–H groups in total. The summed E-state index contributed by atoms with van der Waals surface area (Å²) in [6, 6.07) is 7.23. The molecule has 1 amide bonds. The molecule has 116 valence electrons. The third kappa shape index (κ3) is 2.34. The number of carbonyl (C=O) groups excluding carboxylic acids is 1. The van der Waals surface area contributed by atoms with Gasteiger partial charge < -0.3 is 14.8 Å². The SMILES string of the molecule is COc1ccc(NC(=O)C2=NNC3(CCCC4OC43)S2)cc1. The Bertz CT molecular complexity index is 633. The summed E-state index contributed by atoms with van der Waals surface area (Å²) in [6.45, 7) is 0. The number of nitrogens with zero attached hydrogens (tertiary/aromatic N) is 1. The molecule has 6 nitrogen and oxygen atoms in total. The summed E-state index contributed by atoms with van der Waals surface area (Å²) in [5, 5.41) is 7.56. The summed E-state index contributed by atoms with van der Waals surface area (Å²) in [4.78, 5) is 12.1. The molecular formula is C15H17N3O3S. The monoisotopic (exact) mass is 319 g/mol. The highest BCUT2D eigenvalue weighted by molar-refractivity contribution is 8.17. The van der Waals surface area contributed by atoms with Crippen molar-refractivity contribution in [3.63, 3.8) is 0 Å². The Morgan fingerprint density at radius 3 is 3.09 bits per heavy atom. The number of amides is 1. The molecule has 0 radical (unpaired) electrons. The number of nitrogens with one attached hydrogen (secondary N) is 2. The van der Waals surface area contributed by atoms with Crippen LogP contribution in [0.5, 0.6) is 5.75 Å². The van der Waals surface area contributed by atoms with Crippen LogP contribution in [0.1, 0.15) is 19.3 Å². The second kappa shape index (κ2) is 5.17. The summed E-state index contributed by atoms with van der Waals surface area (Å²) < 4.78 is 10.8. The van der Waals surface area contributed by atoms with Gasteiger partial charge in [0, 0.05) is 5.69 Å². The molecule has 1 spiro atoms. The second-order valence-corrected chi connectivity index (χ2v) is 7.01. The first-order chi connectivity index (χ1) is 10.7. The van der Waals surface area contributed by atoms with Gasteiger partial charge in [-0.05, 0) is 43.5 Å². The van der Waals surface area contributed by atoms with E-state index in [1.807, 2.05) is 12.1 Å². The van der Waals surface area contributed by atoms with Crippen molar-refractivity contribution < 1.29 is 14.3 Å². The summed E-state index contributed by atoms with van der Waals surface area (Å²) in [5.41, 5.74) is 3.87. The molecule has 4 rings (SSSR count). The number of hydrogen-bond donors (Lipinski definition) is 2. The molecule has 0 bridgehead atoms. The van der Waals surface area contributed by atoms with Crippen LogP contribution in [0.2, 0.25) is 0 Å². The predicted octanol–water partition coefficient (Wildman–Crippen LogP) is 1.93. The molecule has 3 atom stereocenters. The van der Waals surface area contributed by atoms with E-state index < -0.39 is 0 Å². The maximum atomic E-state index is 12.3. The van der Waals surface area contributed by atoms with Gasteiger partial charge in [-0.3, -0.25) is 10.2 Å². The fraction of sp³-hybridized carbons (Fsp3) is 0.467. The Hall–Kier alpha value is -1.73. The highest BCUT2D eigenvalue weighted by Crippen LogP contribution is 2.51. The van der Waals surface area contributed by atoms with Crippen LogP contribution < -0.4 is 15.5 Å². The summed E-state index contributed by atoms with van der Waals surface area (Å²) in [6.07, 6.45) is 3.71. The van der Waals surface area contributed by atoms with Gasteiger partial charge in [-0.2, -0.15) is 5.10 Å². The van der Waals surface area contributed by atoms with Crippen LogP contribution in [-0.2, 0) is 9.53 Å². The molecule has 7 heteroatoms. The number of hydrogen-bond acceptors (Lipinski definition) is 6.